The van der Waals surface area contributed by atoms with Crippen LogP contribution in [0.15, 0.2) is 18.2 Å². The smallest absolute Gasteiger partial charge is 0.255 e. The van der Waals surface area contributed by atoms with Gasteiger partial charge in [-0.2, -0.15) is 5.26 Å². The van der Waals surface area contributed by atoms with Crippen molar-refractivity contribution in [2.75, 3.05) is 13.1 Å². The summed E-state index contributed by atoms with van der Waals surface area (Å²) in [5, 5.41) is 12.3. The van der Waals surface area contributed by atoms with Crippen LogP contribution in [0.4, 0.5) is 0 Å². The number of nitriles is 1. The zero-order chi connectivity index (χ0) is 14.0. The second kappa shape index (κ2) is 5.29. The summed E-state index contributed by atoms with van der Waals surface area (Å²) in [7, 11) is 0. The van der Waals surface area contributed by atoms with Gasteiger partial charge in [0.05, 0.1) is 6.07 Å². The number of rotatable bonds is 3. The highest BCUT2D eigenvalue weighted by Gasteiger charge is 2.36. The molecule has 1 N–H and O–H groups in total. The van der Waals surface area contributed by atoms with E-state index in [0.717, 1.165) is 0 Å². The lowest BCUT2D eigenvalue weighted by atomic mass is 10.1. The number of nitrogens with one attached hydrogen (secondary N) is 1. The number of carbonyl (C=O) groups is 2. The Kier molecular flexibility index (Phi) is 3.72. The first-order valence-corrected chi connectivity index (χ1v) is 6.17. The van der Waals surface area contributed by atoms with Gasteiger partial charge in [-0.05, 0) is 18.2 Å². The molecule has 1 unspecified atom stereocenters. The third-order valence-electron chi connectivity index (χ3n) is 2.96. The van der Waals surface area contributed by atoms with Crippen LogP contribution >= 0.6 is 11.6 Å². The van der Waals surface area contributed by atoms with Crippen LogP contribution < -0.4 is 5.32 Å². The molecule has 2 amide bonds. The predicted octanol–water partition coefficient (Wildman–Crippen LogP) is 1.50. The first-order chi connectivity index (χ1) is 9.04. The van der Waals surface area contributed by atoms with E-state index in [9.17, 15) is 14.9 Å². The molecule has 6 heteroatoms. The maximum absolute atomic E-state index is 12.2. The van der Waals surface area contributed by atoms with Gasteiger partial charge in [0.2, 0.25) is 5.91 Å². The molecule has 19 heavy (non-hydrogen) atoms. The summed E-state index contributed by atoms with van der Waals surface area (Å²) in [6, 6.07) is 6.35. The van der Waals surface area contributed by atoms with Gasteiger partial charge in [0, 0.05) is 36.2 Å². The van der Waals surface area contributed by atoms with Crippen LogP contribution in [0.2, 0.25) is 5.02 Å². The molecule has 0 radical (unpaired) electrons. The Labute approximate surface area is 115 Å². The van der Waals surface area contributed by atoms with Crippen molar-refractivity contribution in [3.63, 3.8) is 0 Å². The van der Waals surface area contributed by atoms with Crippen LogP contribution in [0.3, 0.4) is 0 Å². The van der Waals surface area contributed by atoms with Crippen LogP contribution in [0.1, 0.15) is 28.9 Å². The summed E-state index contributed by atoms with van der Waals surface area (Å²) in [4.78, 5) is 24.4. The summed E-state index contributed by atoms with van der Waals surface area (Å²) in [6.45, 7) is 2.02. The van der Waals surface area contributed by atoms with Crippen LogP contribution in [0.25, 0.3) is 0 Å². The summed E-state index contributed by atoms with van der Waals surface area (Å²) < 4.78 is 0. The van der Waals surface area contributed by atoms with Crippen LogP contribution in [0, 0.1) is 11.3 Å². The molecule has 0 saturated carbocycles. The van der Waals surface area contributed by atoms with Crippen molar-refractivity contribution in [2.45, 2.75) is 13.0 Å². The highest BCUT2D eigenvalue weighted by atomic mass is 35.5. The molecular formula is C13H12ClN3O2. The molecule has 0 aliphatic carbocycles. The standard InChI is InChI=1S/C13H12ClN3O2/c1-8(18)16-4-5-17-12(7-15)11-6-9(14)2-3-10(11)13(17)19/h2-3,6,12H,4-5H2,1H3,(H,16,18). The van der Waals surface area contributed by atoms with E-state index in [1.165, 1.54) is 11.8 Å². The Balaban J connectivity index is 2.22. The molecule has 1 aliphatic heterocycles. The second-order valence-electron chi connectivity index (χ2n) is 4.24. The fraction of sp³-hybridized carbons (Fsp3) is 0.308. The Morgan fingerprint density at radius 3 is 2.95 bits per heavy atom. The van der Waals surface area contributed by atoms with Gasteiger partial charge in [-0.15, -0.1) is 0 Å². The van der Waals surface area contributed by atoms with E-state index < -0.39 is 6.04 Å². The van der Waals surface area contributed by atoms with Gasteiger partial charge in [-0.3, -0.25) is 9.59 Å². The third kappa shape index (κ3) is 2.54. The number of benzene rings is 1. The summed E-state index contributed by atoms with van der Waals surface area (Å²) in [5.41, 5.74) is 1.13. The minimum atomic E-state index is -0.644. The zero-order valence-electron chi connectivity index (χ0n) is 10.3. The normalized spacial score (nSPS) is 17.0. The molecule has 0 spiro atoms. The van der Waals surface area contributed by atoms with E-state index in [-0.39, 0.29) is 11.8 Å². The Morgan fingerprint density at radius 2 is 2.32 bits per heavy atom. The van der Waals surface area contributed by atoms with E-state index in [2.05, 4.69) is 11.4 Å². The number of halogens is 1. The van der Waals surface area contributed by atoms with Gasteiger partial charge in [0.1, 0.15) is 6.04 Å². The fourth-order valence-corrected chi connectivity index (χ4v) is 2.30. The molecule has 1 aliphatic rings. The summed E-state index contributed by atoms with van der Waals surface area (Å²) in [6.07, 6.45) is 0. The van der Waals surface area contributed by atoms with Crippen molar-refractivity contribution in [3.8, 4) is 6.07 Å². The molecular weight excluding hydrogens is 266 g/mol. The second-order valence-corrected chi connectivity index (χ2v) is 4.68. The number of nitrogens with zero attached hydrogens (tertiary/aromatic N) is 2. The maximum Gasteiger partial charge on any atom is 0.255 e. The molecule has 0 aromatic heterocycles. The first kappa shape index (κ1) is 13.4. The Morgan fingerprint density at radius 1 is 1.58 bits per heavy atom. The van der Waals surface area contributed by atoms with E-state index in [1.54, 1.807) is 18.2 Å². The van der Waals surface area contributed by atoms with Crippen molar-refractivity contribution in [1.82, 2.24) is 10.2 Å². The zero-order valence-corrected chi connectivity index (χ0v) is 11.1. The fourth-order valence-electron chi connectivity index (χ4n) is 2.12. The lowest BCUT2D eigenvalue weighted by Crippen LogP contribution is -2.36. The molecule has 0 bridgehead atoms. The molecule has 2 rings (SSSR count). The predicted molar refractivity (Wildman–Crippen MR) is 69.5 cm³/mol. The number of carbonyl (C=O) groups excluding carboxylic acids is 2. The van der Waals surface area contributed by atoms with Crippen molar-refractivity contribution < 1.29 is 9.59 Å². The molecule has 0 saturated heterocycles. The van der Waals surface area contributed by atoms with Gasteiger partial charge >= 0.3 is 0 Å². The van der Waals surface area contributed by atoms with Gasteiger partial charge in [0.25, 0.3) is 5.91 Å². The van der Waals surface area contributed by atoms with E-state index in [0.29, 0.717) is 29.2 Å². The molecule has 1 aromatic carbocycles. The SMILES string of the molecule is CC(=O)NCCN1C(=O)c2ccc(Cl)cc2C1C#N. The van der Waals surface area contributed by atoms with Crippen LogP contribution in [0.5, 0.6) is 0 Å². The van der Waals surface area contributed by atoms with Gasteiger partial charge in [0.15, 0.2) is 0 Å². The minimum absolute atomic E-state index is 0.166. The Bertz CT molecular complexity index is 580. The molecule has 1 aromatic rings. The van der Waals surface area contributed by atoms with Crippen molar-refractivity contribution in [2.24, 2.45) is 0 Å². The summed E-state index contributed by atoms with van der Waals surface area (Å²) >= 11 is 5.89. The number of fused-ring (bicyclic) bond motifs is 1. The van der Waals surface area contributed by atoms with Gasteiger partial charge < -0.3 is 10.2 Å². The topological polar surface area (TPSA) is 73.2 Å². The average Bonchev–Trinajstić information content (AvgIpc) is 2.61. The highest BCUT2D eigenvalue weighted by Crippen LogP contribution is 2.34. The molecule has 98 valence electrons. The molecule has 1 heterocycles. The molecule has 5 nitrogen and oxygen atoms in total. The van der Waals surface area contributed by atoms with Gasteiger partial charge in [-0.1, -0.05) is 11.6 Å². The summed E-state index contributed by atoms with van der Waals surface area (Å²) in [5.74, 6) is -0.371. The van der Waals surface area contributed by atoms with Crippen molar-refractivity contribution >= 4 is 23.4 Å². The Hall–Kier alpha value is -2.06. The van der Waals surface area contributed by atoms with Crippen molar-refractivity contribution in [3.05, 3.63) is 34.3 Å². The van der Waals surface area contributed by atoms with Crippen LogP contribution in [-0.2, 0) is 4.79 Å². The first-order valence-electron chi connectivity index (χ1n) is 5.79. The average molecular weight is 278 g/mol. The lowest BCUT2D eigenvalue weighted by molar-refractivity contribution is -0.119. The van der Waals surface area contributed by atoms with E-state index in [4.69, 9.17) is 11.6 Å². The van der Waals surface area contributed by atoms with Crippen molar-refractivity contribution in [1.29, 1.82) is 5.26 Å². The molecule has 0 fully saturated rings. The van der Waals surface area contributed by atoms with E-state index in [1.807, 2.05) is 0 Å². The number of amides is 2. The lowest BCUT2D eigenvalue weighted by Gasteiger charge is -2.19. The number of hydrogen-bond acceptors (Lipinski definition) is 3. The number of hydrogen-bond donors (Lipinski definition) is 1. The largest absolute Gasteiger partial charge is 0.355 e. The molecule has 1 atom stereocenters. The quantitative estimate of drug-likeness (QED) is 0.910. The van der Waals surface area contributed by atoms with E-state index >= 15 is 0 Å². The minimum Gasteiger partial charge on any atom is -0.355 e. The maximum atomic E-state index is 12.2. The third-order valence-corrected chi connectivity index (χ3v) is 3.20. The van der Waals surface area contributed by atoms with Crippen LogP contribution in [-0.4, -0.2) is 29.8 Å². The monoisotopic (exact) mass is 277 g/mol. The highest BCUT2D eigenvalue weighted by molar-refractivity contribution is 6.30. The van der Waals surface area contributed by atoms with Gasteiger partial charge in [-0.25, -0.2) is 0 Å².